The van der Waals surface area contributed by atoms with Crippen molar-refractivity contribution in [2.75, 3.05) is 13.1 Å². The van der Waals surface area contributed by atoms with Gasteiger partial charge in [0.1, 0.15) is 0 Å². The van der Waals surface area contributed by atoms with Crippen LogP contribution < -0.4 is 5.73 Å². The Morgan fingerprint density at radius 3 is 2.57 bits per heavy atom. The van der Waals surface area contributed by atoms with Crippen LogP contribution in [0.1, 0.15) is 26.2 Å². The Kier molecular flexibility index (Phi) is 2.98. The second-order valence-corrected chi connectivity index (χ2v) is 3.85. The highest BCUT2D eigenvalue weighted by molar-refractivity contribution is 5.78. The normalized spacial score (nSPS) is 26.5. The molecule has 80 valence electrons. The van der Waals surface area contributed by atoms with Gasteiger partial charge in [-0.1, -0.05) is 13.3 Å². The molecule has 14 heavy (non-hydrogen) atoms. The third-order valence-electron chi connectivity index (χ3n) is 2.85. The number of urea groups is 1. The minimum Gasteiger partial charge on any atom is -0.481 e. The van der Waals surface area contributed by atoms with Gasteiger partial charge in [0.15, 0.2) is 0 Å². The Morgan fingerprint density at radius 2 is 2.21 bits per heavy atom. The van der Waals surface area contributed by atoms with Crippen molar-refractivity contribution >= 4 is 12.0 Å². The standard InChI is InChI=1S/C9H16N2O3/c1-2-3-9(7(12)13)4-5-11(6-9)8(10)14/h2-6H2,1H3,(H2,10,14)(H,12,13). The number of nitrogens with two attached hydrogens (primary N) is 1. The Morgan fingerprint density at radius 1 is 1.57 bits per heavy atom. The van der Waals surface area contributed by atoms with Crippen LogP contribution in [0, 0.1) is 5.41 Å². The van der Waals surface area contributed by atoms with E-state index in [9.17, 15) is 9.59 Å². The fraction of sp³-hybridized carbons (Fsp3) is 0.778. The zero-order valence-corrected chi connectivity index (χ0v) is 8.32. The molecule has 1 heterocycles. The zero-order chi connectivity index (χ0) is 10.8. The van der Waals surface area contributed by atoms with Crippen LogP contribution in [0.5, 0.6) is 0 Å². The van der Waals surface area contributed by atoms with Gasteiger partial charge in [-0.3, -0.25) is 4.79 Å². The SMILES string of the molecule is CCCC1(C(=O)O)CCN(C(N)=O)C1. The van der Waals surface area contributed by atoms with Crippen molar-refractivity contribution in [3.8, 4) is 0 Å². The topological polar surface area (TPSA) is 83.6 Å². The number of nitrogens with zero attached hydrogens (tertiary/aromatic N) is 1. The van der Waals surface area contributed by atoms with Crippen LogP contribution in [0.4, 0.5) is 4.79 Å². The maximum atomic E-state index is 11.1. The van der Waals surface area contributed by atoms with Crippen molar-refractivity contribution in [3.05, 3.63) is 0 Å². The molecule has 1 unspecified atom stereocenters. The maximum absolute atomic E-state index is 11.1. The number of hydrogen-bond acceptors (Lipinski definition) is 2. The molecule has 1 saturated heterocycles. The van der Waals surface area contributed by atoms with Crippen LogP contribution in [0.15, 0.2) is 0 Å². The molecular formula is C9H16N2O3. The van der Waals surface area contributed by atoms with Gasteiger partial charge in [-0.05, 0) is 12.8 Å². The summed E-state index contributed by atoms with van der Waals surface area (Å²) in [5.74, 6) is -0.817. The van der Waals surface area contributed by atoms with Crippen LogP contribution in [0.2, 0.25) is 0 Å². The summed E-state index contributed by atoms with van der Waals surface area (Å²) in [6, 6.07) is -0.524. The minimum absolute atomic E-state index is 0.255. The van der Waals surface area contributed by atoms with Crippen LogP contribution in [-0.4, -0.2) is 35.1 Å². The summed E-state index contributed by atoms with van der Waals surface area (Å²) in [6.45, 7) is 2.66. The van der Waals surface area contributed by atoms with Crippen molar-refractivity contribution in [2.45, 2.75) is 26.2 Å². The molecule has 2 amide bonds. The van der Waals surface area contributed by atoms with Crippen LogP contribution >= 0.6 is 0 Å². The first-order valence-electron chi connectivity index (χ1n) is 4.79. The first-order valence-corrected chi connectivity index (χ1v) is 4.79. The number of carboxylic acids is 1. The highest BCUT2D eigenvalue weighted by Gasteiger charge is 2.44. The number of likely N-dealkylation sites (tertiary alicyclic amines) is 1. The fourth-order valence-corrected chi connectivity index (χ4v) is 2.02. The lowest BCUT2D eigenvalue weighted by atomic mass is 9.83. The first kappa shape index (κ1) is 10.8. The lowest BCUT2D eigenvalue weighted by Gasteiger charge is -2.23. The number of carbonyl (C=O) groups excluding carboxylic acids is 1. The molecule has 0 aromatic carbocycles. The van der Waals surface area contributed by atoms with Gasteiger partial charge in [-0.25, -0.2) is 4.79 Å². The molecule has 0 bridgehead atoms. The van der Waals surface area contributed by atoms with E-state index in [1.807, 2.05) is 6.92 Å². The fourth-order valence-electron chi connectivity index (χ4n) is 2.02. The second kappa shape index (κ2) is 3.86. The third-order valence-corrected chi connectivity index (χ3v) is 2.85. The van der Waals surface area contributed by atoms with E-state index in [4.69, 9.17) is 10.8 Å². The third kappa shape index (κ3) is 1.81. The van der Waals surface area contributed by atoms with E-state index in [-0.39, 0.29) is 6.54 Å². The highest BCUT2D eigenvalue weighted by atomic mass is 16.4. The quantitative estimate of drug-likeness (QED) is 0.701. The van der Waals surface area contributed by atoms with Gasteiger partial charge >= 0.3 is 12.0 Å². The first-order chi connectivity index (χ1) is 6.52. The van der Waals surface area contributed by atoms with E-state index in [0.717, 1.165) is 6.42 Å². The van der Waals surface area contributed by atoms with E-state index in [1.54, 1.807) is 0 Å². The van der Waals surface area contributed by atoms with Crippen molar-refractivity contribution in [2.24, 2.45) is 11.1 Å². The molecule has 0 radical (unpaired) electrons. The summed E-state index contributed by atoms with van der Waals surface area (Å²) < 4.78 is 0. The molecule has 5 heteroatoms. The molecule has 0 aromatic rings. The van der Waals surface area contributed by atoms with E-state index >= 15 is 0 Å². The Labute approximate surface area is 82.9 Å². The van der Waals surface area contributed by atoms with E-state index in [1.165, 1.54) is 4.90 Å². The van der Waals surface area contributed by atoms with Gasteiger partial charge in [0.25, 0.3) is 0 Å². The van der Waals surface area contributed by atoms with E-state index < -0.39 is 17.4 Å². The van der Waals surface area contributed by atoms with Gasteiger partial charge in [0.05, 0.1) is 5.41 Å². The van der Waals surface area contributed by atoms with E-state index in [2.05, 4.69) is 0 Å². The number of primary amides is 1. The summed E-state index contributed by atoms with van der Waals surface area (Å²) in [5.41, 5.74) is 4.35. The lowest BCUT2D eigenvalue weighted by Crippen LogP contribution is -2.39. The van der Waals surface area contributed by atoms with Gasteiger partial charge < -0.3 is 15.7 Å². The molecule has 1 atom stereocenters. The highest BCUT2D eigenvalue weighted by Crippen LogP contribution is 2.35. The predicted octanol–water partition coefficient (Wildman–Crippen LogP) is 0.642. The van der Waals surface area contributed by atoms with Gasteiger partial charge in [0.2, 0.25) is 0 Å². The number of hydrogen-bond donors (Lipinski definition) is 2. The molecule has 0 aromatic heterocycles. The smallest absolute Gasteiger partial charge is 0.314 e. The van der Waals surface area contributed by atoms with Crippen molar-refractivity contribution in [1.29, 1.82) is 0 Å². The minimum atomic E-state index is -0.817. The molecule has 3 N–H and O–H groups in total. The summed E-state index contributed by atoms with van der Waals surface area (Å²) in [6.07, 6.45) is 1.92. The van der Waals surface area contributed by atoms with Crippen LogP contribution in [0.3, 0.4) is 0 Å². The summed E-state index contributed by atoms with van der Waals surface area (Å²) in [5, 5.41) is 9.12. The number of carboxylic acid groups (broad SMARTS) is 1. The molecule has 1 rings (SSSR count). The number of rotatable bonds is 3. The van der Waals surface area contributed by atoms with Crippen molar-refractivity contribution in [3.63, 3.8) is 0 Å². The average molecular weight is 200 g/mol. The summed E-state index contributed by atoms with van der Waals surface area (Å²) in [4.78, 5) is 23.4. The molecule has 1 aliphatic heterocycles. The largest absolute Gasteiger partial charge is 0.481 e. The summed E-state index contributed by atoms with van der Waals surface area (Å²) in [7, 11) is 0. The number of amides is 2. The molecule has 0 spiro atoms. The molecule has 0 aliphatic carbocycles. The Hall–Kier alpha value is -1.26. The molecule has 5 nitrogen and oxygen atoms in total. The molecule has 1 fully saturated rings. The monoisotopic (exact) mass is 200 g/mol. The van der Waals surface area contributed by atoms with Crippen LogP contribution in [-0.2, 0) is 4.79 Å². The Bertz CT molecular complexity index is 254. The van der Waals surface area contributed by atoms with Crippen LogP contribution in [0.25, 0.3) is 0 Å². The van der Waals surface area contributed by atoms with Gasteiger partial charge in [-0.15, -0.1) is 0 Å². The summed E-state index contributed by atoms with van der Waals surface area (Å²) >= 11 is 0. The van der Waals surface area contributed by atoms with Crippen molar-refractivity contribution in [1.82, 2.24) is 4.90 Å². The average Bonchev–Trinajstić information content (AvgIpc) is 2.50. The number of carbonyl (C=O) groups is 2. The van der Waals surface area contributed by atoms with Crippen molar-refractivity contribution < 1.29 is 14.7 Å². The molecule has 0 saturated carbocycles. The van der Waals surface area contributed by atoms with E-state index in [0.29, 0.717) is 19.4 Å². The second-order valence-electron chi connectivity index (χ2n) is 3.85. The Balaban J connectivity index is 2.74. The lowest BCUT2D eigenvalue weighted by molar-refractivity contribution is -0.148. The molecular weight excluding hydrogens is 184 g/mol. The molecule has 1 aliphatic rings. The van der Waals surface area contributed by atoms with Gasteiger partial charge in [-0.2, -0.15) is 0 Å². The predicted molar refractivity (Wildman–Crippen MR) is 50.8 cm³/mol. The number of aliphatic carboxylic acids is 1. The van der Waals surface area contributed by atoms with Gasteiger partial charge in [0, 0.05) is 13.1 Å². The zero-order valence-electron chi connectivity index (χ0n) is 8.32. The maximum Gasteiger partial charge on any atom is 0.314 e.